The number of nitrogens with zero attached hydrogens (tertiary/aromatic N) is 2. The van der Waals surface area contributed by atoms with Crippen LogP contribution in [0.15, 0.2) is 17.1 Å². The first-order valence-electron chi connectivity index (χ1n) is 6.00. The van der Waals surface area contributed by atoms with Crippen LogP contribution in [0.3, 0.4) is 0 Å². The minimum atomic E-state index is -3.74. The van der Waals surface area contributed by atoms with Crippen LogP contribution in [0.4, 0.5) is 5.82 Å². The molecule has 21 heavy (non-hydrogen) atoms. The lowest BCUT2D eigenvalue weighted by Gasteiger charge is -2.17. The Balaban J connectivity index is 2.16. The standard InChI is InChI=1S/C10H16N3O7P/c1-21(17,18)19-4-5-7(14)8(15)9(20-5)13-3-2-6(11)12-10(13)16/h2-3,5,7-9,14-15H,4H2,1H3,(H,17,18)(H2,11,12,16)/t5-,7-,8+,9-/m1/s1. The summed E-state index contributed by atoms with van der Waals surface area (Å²) in [5, 5.41) is 19.8. The van der Waals surface area contributed by atoms with Crippen LogP contribution in [0.2, 0.25) is 0 Å². The third kappa shape index (κ3) is 3.67. The highest BCUT2D eigenvalue weighted by atomic mass is 31.2. The van der Waals surface area contributed by atoms with Crippen LogP contribution >= 0.6 is 7.60 Å². The topological polar surface area (TPSA) is 157 Å². The quantitative estimate of drug-likeness (QED) is 0.473. The Labute approximate surface area is 119 Å². The van der Waals surface area contributed by atoms with Gasteiger partial charge in [-0.1, -0.05) is 0 Å². The molecule has 0 radical (unpaired) electrons. The summed E-state index contributed by atoms with van der Waals surface area (Å²) >= 11 is 0. The molecule has 0 bridgehead atoms. The number of hydrogen-bond donors (Lipinski definition) is 4. The normalized spacial score (nSPS) is 32.0. The summed E-state index contributed by atoms with van der Waals surface area (Å²) in [6, 6.07) is 1.33. The van der Waals surface area contributed by atoms with Gasteiger partial charge in [0.1, 0.15) is 24.1 Å². The molecular weight excluding hydrogens is 305 g/mol. The van der Waals surface area contributed by atoms with Crippen molar-refractivity contribution < 1.29 is 28.9 Å². The van der Waals surface area contributed by atoms with Crippen LogP contribution in [-0.2, 0) is 13.8 Å². The van der Waals surface area contributed by atoms with Gasteiger partial charge >= 0.3 is 13.3 Å². The third-order valence-electron chi connectivity index (χ3n) is 2.94. The molecule has 0 aliphatic carbocycles. The monoisotopic (exact) mass is 321 g/mol. The van der Waals surface area contributed by atoms with E-state index in [4.69, 9.17) is 15.4 Å². The molecule has 0 aromatic carbocycles. The highest BCUT2D eigenvalue weighted by Gasteiger charge is 2.44. The lowest BCUT2D eigenvalue weighted by atomic mass is 10.1. The summed E-state index contributed by atoms with van der Waals surface area (Å²) in [7, 11) is -3.74. The van der Waals surface area contributed by atoms with Gasteiger partial charge in [-0.25, -0.2) is 4.79 Å². The van der Waals surface area contributed by atoms with E-state index in [1.54, 1.807) is 0 Å². The van der Waals surface area contributed by atoms with Crippen LogP contribution in [0.25, 0.3) is 0 Å². The van der Waals surface area contributed by atoms with E-state index in [1.165, 1.54) is 12.3 Å². The minimum absolute atomic E-state index is 0.0105. The van der Waals surface area contributed by atoms with E-state index in [1.807, 2.05) is 0 Å². The minimum Gasteiger partial charge on any atom is -0.387 e. The van der Waals surface area contributed by atoms with Gasteiger partial charge in [0.15, 0.2) is 6.23 Å². The van der Waals surface area contributed by atoms with Crippen LogP contribution in [-0.4, -0.2) is 56.2 Å². The van der Waals surface area contributed by atoms with Gasteiger partial charge in [-0.05, 0) is 6.07 Å². The largest absolute Gasteiger partial charge is 0.387 e. The van der Waals surface area contributed by atoms with Gasteiger partial charge in [-0.3, -0.25) is 9.13 Å². The lowest BCUT2D eigenvalue weighted by molar-refractivity contribution is -0.0523. The first-order chi connectivity index (χ1) is 9.69. The van der Waals surface area contributed by atoms with Gasteiger partial charge in [-0.2, -0.15) is 4.98 Å². The highest BCUT2D eigenvalue weighted by molar-refractivity contribution is 7.51. The molecule has 2 rings (SSSR count). The molecule has 1 fully saturated rings. The van der Waals surface area contributed by atoms with Crippen LogP contribution < -0.4 is 11.4 Å². The number of aliphatic hydroxyl groups is 2. The SMILES string of the molecule is CP(=O)(O)OC[C@H]1O[C@@H](n2ccc(N)nc2=O)[C@@H](O)[C@@H]1O. The zero-order valence-corrected chi connectivity index (χ0v) is 12.0. The second-order valence-corrected chi connectivity index (χ2v) is 6.55. The summed E-state index contributed by atoms with van der Waals surface area (Å²) in [5.41, 5.74) is 4.60. The van der Waals surface area contributed by atoms with E-state index in [9.17, 15) is 19.6 Å². The molecular formula is C10H16N3O7P. The Morgan fingerprint density at radius 3 is 2.76 bits per heavy atom. The Hall–Kier alpha value is -1.29. The van der Waals surface area contributed by atoms with Gasteiger partial charge < -0.3 is 30.1 Å². The first-order valence-corrected chi connectivity index (χ1v) is 8.02. The third-order valence-corrected chi connectivity index (χ3v) is 3.57. The predicted molar refractivity (Wildman–Crippen MR) is 70.5 cm³/mol. The Bertz CT molecular complexity index is 615. The first kappa shape index (κ1) is 16.1. The van der Waals surface area contributed by atoms with Crippen molar-refractivity contribution >= 4 is 13.4 Å². The summed E-state index contributed by atoms with van der Waals surface area (Å²) in [6.07, 6.45) is -3.78. The zero-order valence-electron chi connectivity index (χ0n) is 11.1. The molecule has 118 valence electrons. The average Bonchev–Trinajstić information content (AvgIpc) is 2.64. The van der Waals surface area contributed by atoms with Crippen molar-refractivity contribution in [3.8, 4) is 0 Å². The van der Waals surface area contributed by atoms with E-state index < -0.39 is 44.4 Å². The maximum Gasteiger partial charge on any atom is 0.351 e. The number of anilines is 1. The Morgan fingerprint density at radius 2 is 2.19 bits per heavy atom. The smallest absolute Gasteiger partial charge is 0.351 e. The number of hydrogen-bond acceptors (Lipinski definition) is 8. The molecule has 0 saturated carbocycles. The molecule has 1 saturated heterocycles. The van der Waals surface area contributed by atoms with Crippen molar-refractivity contribution in [3.63, 3.8) is 0 Å². The van der Waals surface area contributed by atoms with E-state index in [0.29, 0.717) is 0 Å². The maximum absolute atomic E-state index is 11.7. The van der Waals surface area contributed by atoms with Crippen molar-refractivity contribution in [1.82, 2.24) is 9.55 Å². The van der Waals surface area contributed by atoms with E-state index in [0.717, 1.165) is 11.2 Å². The number of nitrogens with two attached hydrogens (primary N) is 1. The van der Waals surface area contributed by atoms with Crippen molar-refractivity contribution in [2.45, 2.75) is 24.5 Å². The molecule has 1 aliphatic rings. The number of nitrogen functional groups attached to an aromatic ring is 1. The molecule has 0 spiro atoms. The molecule has 5 N–H and O–H groups in total. The lowest BCUT2D eigenvalue weighted by Crippen LogP contribution is -2.36. The van der Waals surface area contributed by atoms with Crippen molar-refractivity contribution in [2.75, 3.05) is 19.0 Å². The second-order valence-electron chi connectivity index (χ2n) is 4.69. The van der Waals surface area contributed by atoms with E-state index in [2.05, 4.69) is 9.51 Å². The second kappa shape index (κ2) is 5.84. The number of rotatable bonds is 4. The fourth-order valence-corrected chi connectivity index (χ4v) is 2.35. The van der Waals surface area contributed by atoms with Crippen molar-refractivity contribution in [2.24, 2.45) is 0 Å². The van der Waals surface area contributed by atoms with E-state index >= 15 is 0 Å². The molecule has 1 aromatic heterocycles. The Morgan fingerprint density at radius 1 is 1.52 bits per heavy atom. The van der Waals surface area contributed by atoms with Gasteiger partial charge in [0.05, 0.1) is 6.61 Å². The molecule has 1 unspecified atom stereocenters. The van der Waals surface area contributed by atoms with Crippen LogP contribution in [0, 0.1) is 0 Å². The molecule has 11 heteroatoms. The zero-order chi connectivity index (χ0) is 15.8. The molecule has 0 amide bonds. The summed E-state index contributed by atoms with van der Waals surface area (Å²) < 4.78 is 22.0. The van der Waals surface area contributed by atoms with Crippen LogP contribution in [0.1, 0.15) is 6.23 Å². The van der Waals surface area contributed by atoms with Crippen molar-refractivity contribution in [3.05, 3.63) is 22.7 Å². The van der Waals surface area contributed by atoms with Crippen LogP contribution in [0.5, 0.6) is 0 Å². The maximum atomic E-state index is 11.7. The summed E-state index contributed by atoms with van der Waals surface area (Å²) in [5.74, 6) is 0.0105. The fraction of sp³-hybridized carbons (Fsp3) is 0.600. The summed E-state index contributed by atoms with van der Waals surface area (Å²) in [6.45, 7) is 0.576. The molecule has 10 nitrogen and oxygen atoms in total. The molecule has 2 heterocycles. The molecule has 1 aromatic rings. The van der Waals surface area contributed by atoms with Gasteiger partial charge in [0, 0.05) is 12.9 Å². The van der Waals surface area contributed by atoms with Gasteiger partial charge in [0.2, 0.25) is 0 Å². The highest BCUT2D eigenvalue weighted by Crippen LogP contribution is 2.38. The number of aliphatic hydroxyl groups excluding tert-OH is 2. The number of ether oxygens (including phenoxy) is 1. The number of aromatic nitrogens is 2. The van der Waals surface area contributed by atoms with Crippen molar-refractivity contribution in [1.29, 1.82) is 0 Å². The molecule has 1 aliphatic heterocycles. The molecule has 5 atom stereocenters. The Kier molecular flexibility index (Phi) is 4.47. The van der Waals surface area contributed by atoms with Gasteiger partial charge in [0.25, 0.3) is 0 Å². The average molecular weight is 321 g/mol. The van der Waals surface area contributed by atoms with E-state index in [-0.39, 0.29) is 5.82 Å². The summed E-state index contributed by atoms with van der Waals surface area (Å²) in [4.78, 5) is 24.2. The predicted octanol–water partition coefficient (Wildman–Crippen LogP) is -1.72. The fourth-order valence-electron chi connectivity index (χ4n) is 1.93. The van der Waals surface area contributed by atoms with Gasteiger partial charge in [-0.15, -0.1) is 0 Å².